The smallest absolute Gasteiger partial charge is 0.126 e. The monoisotopic (exact) mass is 262 g/mol. The summed E-state index contributed by atoms with van der Waals surface area (Å²) < 4.78 is 26.5. The van der Waals surface area contributed by atoms with Gasteiger partial charge in [0, 0.05) is 25.0 Å². The predicted molar refractivity (Wildman–Crippen MR) is 74.2 cm³/mol. The second kappa shape index (κ2) is 5.69. The van der Waals surface area contributed by atoms with E-state index in [1.165, 1.54) is 6.07 Å². The average Bonchev–Trinajstić information content (AvgIpc) is 2.40. The molecule has 0 aliphatic rings. The Balaban J connectivity index is 2.02. The Labute approximate surface area is 111 Å². The van der Waals surface area contributed by atoms with Gasteiger partial charge in [0.15, 0.2) is 0 Å². The second-order valence-electron chi connectivity index (χ2n) is 4.50. The third-order valence-corrected chi connectivity index (χ3v) is 3.06. The Bertz CT molecular complexity index is 553. The van der Waals surface area contributed by atoms with Crippen molar-refractivity contribution in [1.82, 2.24) is 0 Å². The van der Waals surface area contributed by atoms with E-state index in [4.69, 9.17) is 5.73 Å². The van der Waals surface area contributed by atoms with Crippen molar-refractivity contribution in [2.45, 2.75) is 6.42 Å². The number of rotatable bonds is 4. The zero-order chi connectivity index (χ0) is 13.8. The first-order valence-electron chi connectivity index (χ1n) is 6.07. The number of nitrogen functional groups attached to an aromatic ring is 1. The molecule has 0 aliphatic heterocycles. The van der Waals surface area contributed by atoms with Gasteiger partial charge in [0.05, 0.1) is 0 Å². The number of hydrogen-bond acceptors (Lipinski definition) is 2. The van der Waals surface area contributed by atoms with Gasteiger partial charge in [-0.15, -0.1) is 0 Å². The van der Waals surface area contributed by atoms with Crippen LogP contribution in [0.4, 0.5) is 20.2 Å². The van der Waals surface area contributed by atoms with Gasteiger partial charge < -0.3 is 10.6 Å². The second-order valence-corrected chi connectivity index (χ2v) is 4.50. The highest BCUT2D eigenvalue weighted by molar-refractivity contribution is 5.52. The molecule has 0 saturated carbocycles. The zero-order valence-electron chi connectivity index (χ0n) is 10.7. The quantitative estimate of drug-likeness (QED) is 0.857. The van der Waals surface area contributed by atoms with E-state index in [-0.39, 0.29) is 5.82 Å². The summed E-state index contributed by atoms with van der Waals surface area (Å²) in [5.74, 6) is -0.779. The van der Waals surface area contributed by atoms with Crippen LogP contribution < -0.4 is 10.6 Å². The van der Waals surface area contributed by atoms with Crippen LogP contribution >= 0.6 is 0 Å². The summed E-state index contributed by atoms with van der Waals surface area (Å²) in [7, 11) is 1.91. The standard InChI is InChI=1S/C15H16F2N2/c1-19(14-5-3-13(18)4-6-14)9-8-11-10-12(16)2-7-15(11)17/h2-7,10H,8-9,18H2,1H3. The lowest BCUT2D eigenvalue weighted by Crippen LogP contribution is -2.20. The fraction of sp³-hybridized carbons (Fsp3) is 0.200. The molecule has 2 aromatic rings. The van der Waals surface area contributed by atoms with Crippen LogP contribution in [-0.4, -0.2) is 13.6 Å². The molecule has 0 spiro atoms. The number of nitrogens with two attached hydrogens (primary N) is 1. The summed E-state index contributed by atoms with van der Waals surface area (Å²) in [5, 5.41) is 0. The Morgan fingerprint density at radius 1 is 1.05 bits per heavy atom. The molecule has 0 radical (unpaired) electrons. The predicted octanol–water partition coefficient (Wildman–Crippen LogP) is 3.23. The SMILES string of the molecule is CN(CCc1cc(F)ccc1F)c1ccc(N)cc1. The lowest BCUT2D eigenvalue weighted by molar-refractivity contribution is 0.584. The van der Waals surface area contributed by atoms with Crippen LogP contribution in [0.15, 0.2) is 42.5 Å². The fourth-order valence-corrected chi connectivity index (χ4v) is 1.88. The van der Waals surface area contributed by atoms with Crippen LogP contribution in [0, 0.1) is 11.6 Å². The van der Waals surface area contributed by atoms with E-state index in [2.05, 4.69) is 0 Å². The molecule has 2 N–H and O–H groups in total. The molecule has 2 rings (SSSR count). The first-order valence-corrected chi connectivity index (χ1v) is 6.07. The maximum atomic E-state index is 13.5. The van der Waals surface area contributed by atoms with Gasteiger partial charge in [0.1, 0.15) is 11.6 Å². The third kappa shape index (κ3) is 3.44. The molecule has 0 aromatic heterocycles. The minimum Gasteiger partial charge on any atom is -0.399 e. The van der Waals surface area contributed by atoms with Crippen LogP contribution in [-0.2, 0) is 6.42 Å². The molecule has 4 heteroatoms. The topological polar surface area (TPSA) is 29.3 Å². The summed E-state index contributed by atoms with van der Waals surface area (Å²) >= 11 is 0. The molecule has 0 saturated heterocycles. The van der Waals surface area contributed by atoms with Crippen molar-refractivity contribution in [1.29, 1.82) is 0 Å². The van der Waals surface area contributed by atoms with E-state index in [9.17, 15) is 8.78 Å². The van der Waals surface area contributed by atoms with Gasteiger partial charge in [-0.2, -0.15) is 0 Å². The largest absolute Gasteiger partial charge is 0.399 e. The first-order chi connectivity index (χ1) is 9.06. The van der Waals surface area contributed by atoms with E-state index in [1.807, 2.05) is 36.2 Å². The van der Waals surface area contributed by atoms with Crippen LogP contribution in [0.5, 0.6) is 0 Å². The van der Waals surface area contributed by atoms with Crippen molar-refractivity contribution < 1.29 is 8.78 Å². The first kappa shape index (κ1) is 13.3. The maximum Gasteiger partial charge on any atom is 0.126 e. The summed E-state index contributed by atoms with van der Waals surface area (Å²) in [6.45, 7) is 0.601. The van der Waals surface area contributed by atoms with Gasteiger partial charge in [-0.3, -0.25) is 0 Å². The summed E-state index contributed by atoms with van der Waals surface area (Å²) in [5.41, 5.74) is 7.70. The fourth-order valence-electron chi connectivity index (χ4n) is 1.88. The molecule has 0 fully saturated rings. The molecule has 0 atom stereocenters. The molecular formula is C15H16F2N2. The molecule has 2 aromatic carbocycles. The van der Waals surface area contributed by atoms with E-state index in [0.29, 0.717) is 24.2 Å². The number of likely N-dealkylation sites (N-methyl/N-ethyl adjacent to an activating group) is 1. The molecular weight excluding hydrogens is 246 g/mol. The average molecular weight is 262 g/mol. The third-order valence-electron chi connectivity index (χ3n) is 3.06. The molecule has 0 unspecified atom stereocenters. The number of anilines is 2. The molecule has 0 heterocycles. The number of hydrogen-bond donors (Lipinski definition) is 1. The van der Waals surface area contributed by atoms with E-state index < -0.39 is 5.82 Å². The Morgan fingerprint density at radius 3 is 2.42 bits per heavy atom. The van der Waals surface area contributed by atoms with Crippen molar-refractivity contribution in [3.63, 3.8) is 0 Å². The highest BCUT2D eigenvalue weighted by Crippen LogP contribution is 2.16. The Kier molecular flexibility index (Phi) is 4.00. The summed E-state index contributed by atoms with van der Waals surface area (Å²) in [6.07, 6.45) is 0.449. The van der Waals surface area contributed by atoms with Crippen LogP contribution in [0.3, 0.4) is 0 Å². The molecule has 19 heavy (non-hydrogen) atoms. The number of benzene rings is 2. The number of nitrogens with zero attached hydrogens (tertiary/aromatic N) is 1. The van der Waals surface area contributed by atoms with Crippen LogP contribution in [0.2, 0.25) is 0 Å². The maximum absolute atomic E-state index is 13.5. The molecule has 100 valence electrons. The van der Waals surface area contributed by atoms with Crippen molar-refractivity contribution in [2.75, 3.05) is 24.2 Å². The van der Waals surface area contributed by atoms with Gasteiger partial charge >= 0.3 is 0 Å². The van der Waals surface area contributed by atoms with Crippen molar-refractivity contribution in [3.05, 3.63) is 59.7 Å². The number of halogens is 2. The molecule has 2 nitrogen and oxygen atoms in total. The van der Waals surface area contributed by atoms with E-state index in [0.717, 1.165) is 17.8 Å². The molecule has 0 amide bonds. The molecule has 0 aliphatic carbocycles. The summed E-state index contributed by atoms with van der Waals surface area (Å²) in [4.78, 5) is 1.98. The van der Waals surface area contributed by atoms with Gasteiger partial charge in [-0.25, -0.2) is 8.78 Å². The lowest BCUT2D eigenvalue weighted by atomic mass is 10.1. The van der Waals surface area contributed by atoms with Gasteiger partial charge in [-0.1, -0.05) is 0 Å². The zero-order valence-corrected chi connectivity index (χ0v) is 10.7. The minimum atomic E-state index is -0.411. The summed E-state index contributed by atoms with van der Waals surface area (Å²) in [6, 6.07) is 11.0. The minimum absolute atomic E-state index is 0.368. The van der Waals surface area contributed by atoms with Crippen LogP contribution in [0.25, 0.3) is 0 Å². The van der Waals surface area contributed by atoms with E-state index >= 15 is 0 Å². The van der Waals surface area contributed by atoms with Gasteiger partial charge in [-0.05, 0) is 54.4 Å². The highest BCUT2D eigenvalue weighted by atomic mass is 19.1. The van der Waals surface area contributed by atoms with Gasteiger partial charge in [0.2, 0.25) is 0 Å². The normalized spacial score (nSPS) is 10.5. The lowest BCUT2D eigenvalue weighted by Gasteiger charge is -2.19. The van der Waals surface area contributed by atoms with Crippen molar-refractivity contribution in [2.24, 2.45) is 0 Å². The molecule has 0 bridgehead atoms. The van der Waals surface area contributed by atoms with Crippen molar-refractivity contribution >= 4 is 11.4 Å². The Hall–Kier alpha value is -2.10. The van der Waals surface area contributed by atoms with E-state index in [1.54, 1.807) is 0 Å². The van der Waals surface area contributed by atoms with Crippen molar-refractivity contribution in [3.8, 4) is 0 Å². The van der Waals surface area contributed by atoms with Crippen LogP contribution in [0.1, 0.15) is 5.56 Å². The highest BCUT2D eigenvalue weighted by Gasteiger charge is 2.06. The Morgan fingerprint density at radius 2 is 1.74 bits per heavy atom. The van der Waals surface area contributed by atoms with Gasteiger partial charge in [0.25, 0.3) is 0 Å².